The third kappa shape index (κ3) is 17.1. The van der Waals surface area contributed by atoms with Crippen molar-refractivity contribution >= 4 is 127 Å². The number of nitrogens with one attached hydrogen (secondary N) is 5. The SMILES string of the molecule is Cc1sc2nc1C(=O)N[C@@H]([C@H](O)c1ccccc1)c1nc(cs1)C(=O)N[C@@H](Cc1ccc(OCC(=O)NCCCCCC(=O)O)cc1)C(=O)N1C[C@H](O)[C@H](C)[C@H]1c1nc(cs1)-c1nc(cs1)-c1nc(-c3nc(C(=O)N[C@H]4CC[C@H](C(=O)O)CC4)cs3)ccc1C1=NC(CS1)C(=O)N[C@H]2CC(N)=O. The van der Waals surface area contributed by atoms with Crippen LogP contribution in [0, 0.1) is 18.8 Å². The Kier molecular flexibility index (Phi) is 23.0. The number of ether oxygens (including phenoxy) is 1. The average Bonchev–Trinajstić information content (AvgIpc) is 1.62. The average molecular weight is 1500 g/mol. The highest BCUT2D eigenvalue weighted by molar-refractivity contribution is 8.14. The summed E-state index contributed by atoms with van der Waals surface area (Å²) in [5.74, 6) is -6.49. The fourth-order valence-corrected chi connectivity index (χ4v) is 17.9. The third-order valence-corrected chi connectivity index (χ3v) is 23.6. The van der Waals surface area contributed by atoms with Crippen molar-refractivity contribution in [3.8, 4) is 38.5 Å². The van der Waals surface area contributed by atoms with Crippen molar-refractivity contribution in [3.63, 3.8) is 0 Å². The molecule has 28 nitrogen and oxygen atoms in total. The zero-order valence-electron chi connectivity index (χ0n) is 54.8. The van der Waals surface area contributed by atoms with E-state index >= 15 is 4.79 Å². The molecule has 3 aliphatic heterocycles. The molecule has 1 aliphatic carbocycles. The summed E-state index contributed by atoms with van der Waals surface area (Å²) in [5, 5.41) is 65.4. The first-order valence-electron chi connectivity index (χ1n) is 32.8. The smallest absolute Gasteiger partial charge is 0.306 e. The van der Waals surface area contributed by atoms with E-state index in [0.29, 0.717) is 122 Å². The van der Waals surface area contributed by atoms with E-state index in [-0.39, 0.29) is 70.8 Å². The molecule has 6 aromatic heterocycles. The number of fused-ring (bicyclic) bond motifs is 15. The quantitative estimate of drug-likeness (QED) is 0.0357. The number of benzene rings is 2. The van der Waals surface area contributed by atoms with Crippen LogP contribution in [-0.2, 0) is 35.2 Å². The molecule has 0 spiro atoms. The highest BCUT2D eigenvalue weighted by Gasteiger charge is 2.46. The van der Waals surface area contributed by atoms with Crippen molar-refractivity contribution in [2.45, 2.75) is 127 Å². The van der Waals surface area contributed by atoms with Gasteiger partial charge in [0.05, 0.1) is 36.2 Å². The Morgan fingerprint density at radius 1 is 0.735 bits per heavy atom. The maximum absolute atomic E-state index is 15.5. The van der Waals surface area contributed by atoms with Gasteiger partial charge in [-0.25, -0.2) is 29.9 Å². The minimum atomic E-state index is -1.44. The second-order valence-corrected chi connectivity index (χ2v) is 30.7. The zero-order chi connectivity index (χ0) is 71.9. The lowest BCUT2D eigenvalue weighted by Crippen LogP contribution is -2.50. The van der Waals surface area contributed by atoms with Crippen LogP contribution in [0.15, 0.2) is 93.2 Å². The highest BCUT2D eigenvalue weighted by atomic mass is 32.2. The van der Waals surface area contributed by atoms with Crippen molar-refractivity contribution in [3.05, 3.63) is 142 Å². The third-order valence-electron chi connectivity index (χ3n) is 17.8. The number of primary amides is 1. The summed E-state index contributed by atoms with van der Waals surface area (Å²) in [7, 11) is 0. The van der Waals surface area contributed by atoms with Gasteiger partial charge >= 0.3 is 11.9 Å². The van der Waals surface area contributed by atoms with Crippen molar-refractivity contribution in [1.29, 1.82) is 0 Å². The van der Waals surface area contributed by atoms with Gasteiger partial charge < -0.3 is 62.4 Å². The Labute approximate surface area is 607 Å². The number of thioether (sulfide) groups is 1. The summed E-state index contributed by atoms with van der Waals surface area (Å²) >= 11 is 7.02. The summed E-state index contributed by atoms with van der Waals surface area (Å²) in [4.78, 5) is 157. The van der Waals surface area contributed by atoms with E-state index in [9.17, 15) is 53.7 Å². The number of carboxylic acid groups (broad SMARTS) is 2. The van der Waals surface area contributed by atoms with Crippen LogP contribution in [0.5, 0.6) is 5.75 Å². The Bertz CT molecular complexity index is 4490. The predicted molar refractivity (Wildman–Crippen MR) is 382 cm³/mol. The molecule has 1 saturated carbocycles. The number of rotatable bonds is 19. The number of carbonyl (C=O) groups is 9. The number of carbonyl (C=O) groups excluding carboxylic acids is 7. The van der Waals surface area contributed by atoms with Gasteiger partial charge in [-0.05, 0) is 80.8 Å². The van der Waals surface area contributed by atoms with E-state index in [1.807, 2.05) is 0 Å². The van der Waals surface area contributed by atoms with Gasteiger partial charge in [0.25, 0.3) is 23.6 Å². The summed E-state index contributed by atoms with van der Waals surface area (Å²) in [6.45, 7) is 3.34. The van der Waals surface area contributed by atoms with E-state index in [1.54, 1.807) is 96.7 Å². The van der Waals surface area contributed by atoms with Gasteiger partial charge in [-0.15, -0.1) is 68.4 Å². The lowest BCUT2D eigenvalue weighted by Gasteiger charge is -2.29. The first-order chi connectivity index (χ1) is 49.1. The second kappa shape index (κ2) is 32.4. The normalized spacial score (nSPS) is 21.9. The first-order valence-corrected chi connectivity index (χ1v) is 38.1. The van der Waals surface area contributed by atoms with E-state index in [0.717, 1.165) is 22.7 Å². The van der Waals surface area contributed by atoms with Gasteiger partial charge in [0.1, 0.15) is 94.2 Å². The van der Waals surface area contributed by atoms with Crippen molar-refractivity contribution < 1.29 is 68.3 Å². The Morgan fingerprint density at radius 3 is 2.22 bits per heavy atom. The van der Waals surface area contributed by atoms with E-state index in [4.69, 9.17) is 35.5 Å². The lowest BCUT2D eigenvalue weighted by atomic mass is 9.86. The summed E-state index contributed by atoms with van der Waals surface area (Å²) < 4.78 is 5.78. The molecule has 8 aromatic rings. The van der Waals surface area contributed by atoms with Crippen molar-refractivity contribution in [2.24, 2.45) is 22.6 Å². The van der Waals surface area contributed by atoms with Gasteiger partial charge in [-0.1, -0.05) is 55.8 Å². The van der Waals surface area contributed by atoms with Crippen LogP contribution in [0.3, 0.4) is 0 Å². The Hall–Kier alpha value is -9.29. The molecule has 0 radical (unpaired) electrons. The minimum absolute atomic E-state index is 0.0475. The Morgan fingerprint density at radius 2 is 1.46 bits per heavy atom. The molecule has 11 N–H and O–H groups in total. The Balaban J connectivity index is 0.889. The number of aryl methyl sites for hydroxylation is 1. The topological polar surface area (TPSA) is 423 Å². The molecule has 9 heterocycles. The molecule has 532 valence electrons. The number of hydrogen-bond acceptors (Lipinski definition) is 25. The molecule has 2 aromatic carbocycles. The van der Waals surface area contributed by atoms with E-state index in [1.165, 1.54) is 56.1 Å². The number of carboxylic acids is 2. The van der Waals surface area contributed by atoms with Gasteiger partial charge in [0, 0.05) is 75.6 Å². The van der Waals surface area contributed by atoms with Crippen molar-refractivity contribution in [2.75, 3.05) is 25.4 Å². The van der Waals surface area contributed by atoms with E-state index < -0.39 is 108 Å². The minimum Gasteiger partial charge on any atom is -0.484 e. The standard InChI is InChI=1S/C68H70N14O14S6/c1-32-48(83)25-82-55(32)66-79-47(31-101-66)63-75-43(27-98-63)53-39(20-21-40(72-53)62-77-44(29-99-62)57(89)71-37-16-14-36(15-17-37)68(94)95)61-76-45(28-97-61)58(90)73-41(24-49(69)84)64-81-52(33(2)102-64)60(92)80-54(56(88)35-9-5-3-6-10-35)65-78-46(30-100-65)59(91)74-42(67(82)93)23-34-12-18-38(19-13-34)96-26-50(85)70-22-8-4-7-11-51(86)87/h3,5-6,9-10,12-13,18-21,27,29-32,36-37,41-42,45,48,54-56,83,88H,4,7-8,11,14-17,22-26,28H2,1-2H3,(H2,69,84)(H,70,85)(H,71,89)(H,73,90)(H,74,91)(H,80,92)(H,86,87)(H,94,95)/t32-,36-,37-,41-,42-,45?,48-,54-,55-,56+/m0/s1. The predicted octanol–water partition coefficient (Wildman–Crippen LogP) is 7.22. The summed E-state index contributed by atoms with van der Waals surface area (Å²) in [5.41, 5.74) is 8.74. The number of nitrogens with two attached hydrogens (primary N) is 1. The molecule has 8 atom stereocenters. The van der Waals surface area contributed by atoms with Gasteiger partial charge in [0.2, 0.25) is 17.7 Å². The van der Waals surface area contributed by atoms with Crippen LogP contribution in [-0.4, -0.2) is 163 Å². The molecular weight excluding hydrogens is 1430 g/mol. The number of hydrogen-bond donors (Lipinski definition) is 10. The molecule has 2 fully saturated rings. The fraction of sp³-hybridized carbons (Fsp3) is 0.382. The number of nitrogens with zero attached hydrogens (tertiary/aromatic N) is 8. The maximum atomic E-state index is 15.5. The van der Waals surface area contributed by atoms with Crippen LogP contribution in [0.4, 0.5) is 0 Å². The number of aliphatic imine (C=N–C) groups is 1. The van der Waals surface area contributed by atoms with Crippen molar-refractivity contribution in [1.82, 2.24) is 61.4 Å². The number of aliphatic hydroxyl groups excluding tert-OH is 2. The van der Waals surface area contributed by atoms with Crippen LogP contribution in [0.25, 0.3) is 32.8 Å². The molecule has 10 bridgehead atoms. The van der Waals surface area contributed by atoms with Crippen LogP contribution < -0.4 is 37.1 Å². The number of pyridine rings is 1. The number of aliphatic hydroxyl groups is 2. The second-order valence-electron chi connectivity index (χ2n) is 25.0. The molecule has 34 heteroatoms. The molecule has 1 unspecified atom stereocenters. The van der Waals surface area contributed by atoms with Crippen LogP contribution in [0.1, 0.15) is 157 Å². The van der Waals surface area contributed by atoms with Gasteiger partial charge in [-0.3, -0.25) is 48.1 Å². The number of aromatic nitrogens is 6. The fourth-order valence-electron chi connectivity index (χ4n) is 12.3. The molecule has 4 aliphatic rings. The first kappa shape index (κ1) is 72.5. The molecule has 102 heavy (non-hydrogen) atoms. The number of thiazole rings is 5. The molecule has 7 amide bonds. The van der Waals surface area contributed by atoms with Gasteiger partial charge in [0.15, 0.2) is 6.61 Å². The number of amides is 7. The number of aliphatic carboxylic acids is 2. The highest BCUT2D eigenvalue weighted by Crippen LogP contribution is 2.43. The van der Waals surface area contributed by atoms with Gasteiger partial charge in [-0.2, -0.15) is 0 Å². The largest absolute Gasteiger partial charge is 0.484 e. The maximum Gasteiger partial charge on any atom is 0.306 e. The number of unbranched alkanes of at least 4 members (excludes halogenated alkanes) is 2. The molecule has 1 saturated heterocycles. The van der Waals surface area contributed by atoms with E-state index in [2.05, 4.69) is 41.5 Å². The molecule has 12 rings (SSSR count). The zero-order valence-corrected chi connectivity index (χ0v) is 59.7. The summed E-state index contributed by atoms with van der Waals surface area (Å²) in [6, 6.07) is 12.8. The molecular formula is C68H70N14O14S6. The monoisotopic (exact) mass is 1500 g/mol. The lowest BCUT2D eigenvalue weighted by molar-refractivity contribution is -0.143. The van der Waals surface area contributed by atoms with Crippen LogP contribution in [0.2, 0.25) is 0 Å². The summed E-state index contributed by atoms with van der Waals surface area (Å²) in [6.07, 6.45) is 0.728. The van der Waals surface area contributed by atoms with Crippen LogP contribution >= 0.6 is 68.4 Å².